The second-order valence-corrected chi connectivity index (χ2v) is 3.97. The van der Waals surface area contributed by atoms with Gasteiger partial charge in [-0.2, -0.15) is 0 Å². The van der Waals surface area contributed by atoms with E-state index in [0.717, 1.165) is 13.0 Å². The molecule has 0 radical (unpaired) electrons. The summed E-state index contributed by atoms with van der Waals surface area (Å²) in [7, 11) is 0. The van der Waals surface area contributed by atoms with Gasteiger partial charge < -0.3 is 4.74 Å². The fourth-order valence-electron chi connectivity index (χ4n) is 0.854. The van der Waals surface area contributed by atoms with Gasteiger partial charge in [0.2, 0.25) is 0 Å². The molecule has 0 aromatic carbocycles. The smallest absolute Gasteiger partial charge is 0.138 e. The van der Waals surface area contributed by atoms with E-state index in [0.29, 0.717) is 18.8 Å². The molecule has 0 aromatic rings. The maximum absolute atomic E-state index is 11.4. The molecule has 0 rings (SSSR count). The lowest BCUT2D eigenvalue weighted by Crippen LogP contribution is -2.20. The van der Waals surface area contributed by atoms with E-state index >= 15 is 0 Å². The van der Waals surface area contributed by atoms with Crippen LogP contribution in [0.2, 0.25) is 0 Å². The molecular weight excluding hydrogens is 152 g/mol. The van der Waals surface area contributed by atoms with Gasteiger partial charge in [0.15, 0.2) is 0 Å². The van der Waals surface area contributed by atoms with E-state index in [9.17, 15) is 4.79 Å². The van der Waals surface area contributed by atoms with Crippen molar-refractivity contribution in [3.05, 3.63) is 0 Å². The lowest BCUT2D eigenvalue weighted by Gasteiger charge is -2.15. The van der Waals surface area contributed by atoms with Crippen molar-refractivity contribution in [2.45, 2.75) is 40.5 Å². The third kappa shape index (κ3) is 5.30. The van der Waals surface area contributed by atoms with Crippen LogP contribution in [0.15, 0.2) is 0 Å². The van der Waals surface area contributed by atoms with Crippen LogP contribution in [0.1, 0.15) is 40.5 Å². The van der Waals surface area contributed by atoms with E-state index in [2.05, 4.69) is 0 Å². The number of carbonyl (C=O) groups is 1. The van der Waals surface area contributed by atoms with Gasteiger partial charge in [0.1, 0.15) is 5.78 Å². The molecule has 2 nitrogen and oxygen atoms in total. The molecule has 0 amide bonds. The van der Waals surface area contributed by atoms with Gasteiger partial charge in [-0.25, -0.2) is 0 Å². The first-order valence-corrected chi connectivity index (χ1v) is 4.59. The van der Waals surface area contributed by atoms with Crippen LogP contribution in [0.5, 0.6) is 0 Å². The maximum Gasteiger partial charge on any atom is 0.138 e. The topological polar surface area (TPSA) is 26.3 Å². The predicted molar refractivity (Wildman–Crippen MR) is 50.2 cm³/mol. The summed E-state index contributed by atoms with van der Waals surface area (Å²) in [6, 6.07) is 0. The SMILES string of the molecule is CCOCCCC(=O)C(C)(C)C. The molecule has 0 spiro atoms. The van der Waals surface area contributed by atoms with Crippen LogP contribution < -0.4 is 0 Å². The van der Waals surface area contributed by atoms with E-state index in [-0.39, 0.29) is 5.41 Å². The number of rotatable bonds is 5. The van der Waals surface area contributed by atoms with Crippen molar-refractivity contribution < 1.29 is 9.53 Å². The van der Waals surface area contributed by atoms with Crippen LogP contribution >= 0.6 is 0 Å². The minimum Gasteiger partial charge on any atom is -0.382 e. The quantitative estimate of drug-likeness (QED) is 0.595. The van der Waals surface area contributed by atoms with Gasteiger partial charge >= 0.3 is 0 Å². The minimum absolute atomic E-state index is 0.188. The molecule has 72 valence electrons. The van der Waals surface area contributed by atoms with Gasteiger partial charge in [0, 0.05) is 25.0 Å². The number of hydrogen-bond donors (Lipinski definition) is 0. The van der Waals surface area contributed by atoms with E-state index in [1.54, 1.807) is 0 Å². The molecule has 0 fully saturated rings. The second kappa shape index (κ2) is 5.31. The molecule has 0 atom stereocenters. The highest BCUT2D eigenvalue weighted by Crippen LogP contribution is 2.17. The third-order valence-electron chi connectivity index (χ3n) is 1.73. The van der Waals surface area contributed by atoms with Crippen LogP contribution in [0, 0.1) is 5.41 Å². The molecular formula is C10H20O2. The van der Waals surface area contributed by atoms with Crippen molar-refractivity contribution in [2.75, 3.05) is 13.2 Å². The normalized spacial score (nSPS) is 11.7. The van der Waals surface area contributed by atoms with Gasteiger partial charge in [-0.05, 0) is 13.3 Å². The van der Waals surface area contributed by atoms with Crippen molar-refractivity contribution in [1.29, 1.82) is 0 Å². The monoisotopic (exact) mass is 172 g/mol. The maximum atomic E-state index is 11.4. The molecule has 0 saturated heterocycles. The largest absolute Gasteiger partial charge is 0.382 e. The molecule has 0 aliphatic rings. The third-order valence-corrected chi connectivity index (χ3v) is 1.73. The van der Waals surface area contributed by atoms with Gasteiger partial charge in [0.05, 0.1) is 0 Å². The molecule has 12 heavy (non-hydrogen) atoms. The summed E-state index contributed by atoms with van der Waals surface area (Å²) < 4.78 is 5.14. The number of ketones is 1. The number of hydrogen-bond acceptors (Lipinski definition) is 2. The molecule has 0 unspecified atom stereocenters. The molecule has 0 N–H and O–H groups in total. The number of ether oxygens (including phenoxy) is 1. The first-order chi connectivity index (χ1) is 5.48. The van der Waals surface area contributed by atoms with E-state index in [4.69, 9.17) is 4.74 Å². The van der Waals surface area contributed by atoms with Gasteiger partial charge in [-0.15, -0.1) is 0 Å². The summed E-state index contributed by atoms with van der Waals surface area (Å²) in [5, 5.41) is 0. The highest BCUT2D eigenvalue weighted by atomic mass is 16.5. The first kappa shape index (κ1) is 11.6. The van der Waals surface area contributed by atoms with Gasteiger partial charge in [0.25, 0.3) is 0 Å². The Morgan fingerprint density at radius 1 is 1.33 bits per heavy atom. The summed E-state index contributed by atoms with van der Waals surface area (Å²) in [5.74, 6) is 0.321. The zero-order chi connectivity index (χ0) is 9.61. The van der Waals surface area contributed by atoms with Crippen LogP contribution in [0.25, 0.3) is 0 Å². The van der Waals surface area contributed by atoms with Gasteiger partial charge in [-0.1, -0.05) is 20.8 Å². The zero-order valence-corrected chi connectivity index (χ0v) is 8.64. The zero-order valence-electron chi connectivity index (χ0n) is 8.64. The van der Waals surface area contributed by atoms with Crippen LogP contribution in [-0.4, -0.2) is 19.0 Å². The summed E-state index contributed by atoms with van der Waals surface area (Å²) in [6.07, 6.45) is 1.49. The number of carbonyl (C=O) groups excluding carboxylic acids is 1. The highest BCUT2D eigenvalue weighted by Gasteiger charge is 2.19. The molecule has 0 aromatic heterocycles. The molecule has 0 bridgehead atoms. The Bertz CT molecular complexity index is 133. The molecule has 2 heteroatoms. The Labute approximate surface area is 75.3 Å². The standard InChI is InChI=1S/C10H20O2/c1-5-12-8-6-7-9(11)10(2,3)4/h5-8H2,1-4H3. The Balaban J connectivity index is 3.45. The molecule has 0 aliphatic heterocycles. The van der Waals surface area contributed by atoms with Crippen molar-refractivity contribution >= 4 is 5.78 Å². The average molecular weight is 172 g/mol. The Hall–Kier alpha value is -0.370. The Morgan fingerprint density at radius 3 is 2.33 bits per heavy atom. The van der Waals surface area contributed by atoms with Crippen molar-refractivity contribution in [3.8, 4) is 0 Å². The molecule has 0 saturated carbocycles. The van der Waals surface area contributed by atoms with Crippen LogP contribution in [0.4, 0.5) is 0 Å². The Kier molecular flexibility index (Phi) is 5.14. The summed E-state index contributed by atoms with van der Waals surface area (Å²) >= 11 is 0. The molecule has 0 heterocycles. The summed E-state index contributed by atoms with van der Waals surface area (Å²) in [6.45, 7) is 9.27. The fourth-order valence-corrected chi connectivity index (χ4v) is 0.854. The minimum atomic E-state index is -0.188. The second-order valence-electron chi connectivity index (χ2n) is 3.97. The highest BCUT2D eigenvalue weighted by molar-refractivity contribution is 5.83. The number of Topliss-reactive ketones (excluding diaryl/α,β-unsaturated/α-hetero) is 1. The fraction of sp³-hybridized carbons (Fsp3) is 0.900. The van der Waals surface area contributed by atoms with Crippen molar-refractivity contribution in [3.63, 3.8) is 0 Å². The van der Waals surface area contributed by atoms with E-state index < -0.39 is 0 Å². The van der Waals surface area contributed by atoms with E-state index in [1.807, 2.05) is 27.7 Å². The first-order valence-electron chi connectivity index (χ1n) is 4.59. The lowest BCUT2D eigenvalue weighted by molar-refractivity contribution is -0.126. The summed E-state index contributed by atoms with van der Waals surface area (Å²) in [5.41, 5.74) is -0.188. The average Bonchev–Trinajstić information content (AvgIpc) is 1.96. The predicted octanol–water partition coefficient (Wildman–Crippen LogP) is 2.42. The van der Waals surface area contributed by atoms with Crippen LogP contribution in [0.3, 0.4) is 0 Å². The van der Waals surface area contributed by atoms with Crippen molar-refractivity contribution in [2.24, 2.45) is 5.41 Å². The van der Waals surface area contributed by atoms with Crippen molar-refractivity contribution in [1.82, 2.24) is 0 Å². The summed E-state index contributed by atoms with van der Waals surface area (Å²) in [4.78, 5) is 11.4. The molecule has 0 aliphatic carbocycles. The van der Waals surface area contributed by atoms with Gasteiger partial charge in [-0.3, -0.25) is 4.79 Å². The lowest BCUT2D eigenvalue weighted by atomic mass is 9.88. The Morgan fingerprint density at radius 2 is 1.92 bits per heavy atom. The van der Waals surface area contributed by atoms with E-state index in [1.165, 1.54) is 0 Å². The van der Waals surface area contributed by atoms with Crippen LogP contribution in [-0.2, 0) is 9.53 Å².